The molecule has 0 fully saturated rings. The van der Waals surface area contributed by atoms with Crippen LogP contribution in [0.3, 0.4) is 0 Å². The molecule has 0 unspecified atom stereocenters. The highest BCUT2D eigenvalue weighted by Gasteiger charge is 2.59. The number of carbonyl (C=O) groups is 3. The van der Waals surface area contributed by atoms with E-state index in [0.717, 1.165) is 29.5 Å². The molecule has 0 saturated carbocycles. The number of hydrogen-bond donors (Lipinski definition) is 2. The number of Topliss-reactive ketones (excluding diaryl/α,β-unsaturated/α-hetero) is 1. The van der Waals surface area contributed by atoms with Crippen LogP contribution in [0.2, 0.25) is 0 Å². The standard InChI is InChI=1S/C26H33N3O4/c1-4-6-14-28-24(31)26(23(30)21(27)5-2)16-20-15-18(3)12-13-22(20)29(26)25(32)33-17-19-10-8-7-9-11-19/h7-13,15,21H,4-6,14,16-17,27H2,1-3H3,(H,28,31)/t21-,26+/m1/s1. The van der Waals surface area contributed by atoms with Crippen molar-refractivity contribution in [2.75, 3.05) is 11.4 Å². The summed E-state index contributed by atoms with van der Waals surface area (Å²) < 4.78 is 5.61. The summed E-state index contributed by atoms with van der Waals surface area (Å²) in [4.78, 5) is 42.0. The van der Waals surface area contributed by atoms with E-state index in [2.05, 4.69) is 5.32 Å². The lowest BCUT2D eigenvalue weighted by Crippen LogP contribution is -2.67. The first kappa shape index (κ1) is 24.5. The van der Waals surface area contributed by atoms with Crippen molar-refractivity contribution in [1.82, 2.24) is 5.32 Å². The first-order chi connectivity index (χ1) is 15.8. The minimum Gasteiger partial charge on any atom is -0.444 e. The van der Waals surface area contributed by atoms with Gasteiger partial charge in [0.2, 0.25) is 0 Å². The normalized spacial score (nSPS) is 17.9. The number of amides is 2. The van der Waals surface area contributed by atoms with Crippen molar-refractivity contribution in [2.45, 2.75) is 64.6 Å². The second kappa shape index (κ2) is 10.6. The molecule has 0 bridgehead atoms. The maximum Gasteiger partial charge on any atom is 0.415 e. The molecule has 2 aromatic carbocycles. The fraction of sp³-hybridized carbons (Fsp3) is 0.423. The number of nitrogens with two attached hydrogens (primary N) is 1. The SMILES string of the molecule is CCCCNC(=O)[C@@]1(C(=O)[C@H](N)CC)Cc2cc(C)ccc2N1C(=O)OCc1ccccc1. The summed E-state index contributed by atoms with van der Waals surface area (Å²) in [6, 6.07) is 13.9. The second-order valence-corrected chi connectivity index (χ2v) is 8.53. The van der Waals surface area contributed by atoms with Gasteiger partial charge < -0.3 is 15.8 Å². The Morgan fingerprint density at radius 3 is 2.55 bits per heavy atom. The van der Waals surface area contributed by atoms with E-state index in [1.807, 2.05) is 56.3 Å². The fourth-order valence-electron chi connectivity index (χ4n) is 4.18. The summed E-state index contributed by atoms with van der Waals surface area (Å²) in [5.41, 5.74) is 7.40. The molecule has 33 heavy (non-hydrogen) atoms. The van der Waals surface area contributed by atoms with Gasteiger partial charge in [-0.25, -0.2) is 4.79 Å². The molecule has 0 aliphatic carbocycles. The number of anilines is 1. The van der Waals surface area contributed by atoms with E-state index in [1.54, 1.807) is 13.0 Å². The highest BCUT2D eigenvalue weighted by atomic mass is 16.6. The van der Waals surface area contributed by atoms with Crippen molar-refractivity contribution in [3.63, 3.8) is 0 Å². The molecule has 3 N–H and O–H groups in total. The van der Waals surface area contributed by atoms with Crippen LogP contribution in [-0.2, 0) is 27.4 Å². The van der Waals surface area contributed by atoms with Gasteiger partial charge >= 0.3 is 6.09 Å². The first-order valence-corrected chi connectivity index (χ1v) is 11.5. The smallest absolute Gasteiger partial charge is 0.415 e. The zero-order valence-electron chi connectivity index (χ0n) is 19.6. The number of hydrogen-bond acceptors (Lipinski definition) is 5. The Hall–Kier alpha value is -3.19. The maximum atomic E-state index is 13.7. The lowest BCUT2D eigenvalue weighted by Gasteiger charge is -2.36. The van der Waals surface area contributed by atoms with Crippen molar-refractivity contribution in [1.29, 1.82) is 0 Å². The van der Waals surface area contributed by atoms with Gasteiger partial charge in [0.15, 0.2) is 11.3 Å². The van der Waals surface area contributed by atoms with Crippen LogP contribution in [0.15, 0.2) is 48.5 Å². The van der Waals surface area contributed by atoms with Crippen LogP contribution in [0.5, 0.6) is 0 Å². The van der Waals surface area contributed by atoms with Gasteiger partial charge in [-0.1, -0.05) is 68.3 Å². The third kappa shape index (κ3) is 4.93. The molecule has 2 atom stereocenters. The highest BCUT2D eigenvalue weighted by Crippen LogP contribution is 2.41. The average Bonchev–Trinajstić information content (AvgIpc) is 3.17. The molecule has 3 rings (SSSR count). The predicted molar refractivity (Wildman–Crippen MR) is 128 cm³/mol. The van der Waals surface area contributed by atoms with Crippen LogP contribution in [0.25, 0.3) is 0 Å². The Balaban J connectivity index is 2.04. The van der Waals surface area contributed by atoms with Crippen LogP contribution in [0.1, 0.15) is 49.8 Å². The molecule has 0 saturated heterocycles. The molecule has 7 heteroatoms. The molecule has 176 valence electrons. The summed E-state index contributed by atoms with van der Waals surface area (Å²) in [7, 11) is 0. The second-order valence-electron chi connectivity index (χ2n) is 8.53. The highest BCUT2D eigenvalue weighted by molar-refractivity contribution is 6.21. The number of aryl methyl sites for hydroxylation is 1. The van der Waals surface area contributed by atoms with Gasteiger partial charge in [0.1, 0.15) is 6.61 Å². The van der Waals surface area contributed by atoms with E-state index < -0.39 is 29.4 Å². The van der Waals surface area contributed by atoms with Crippen molar-refractivity contribution in [2.24, 2.45) is 5.73 Å². The van der Waals surface area contributed by atoms with E-state index >= 15 is 0 Å². The minimum atomic E-state index is -1.78. The maximum absolute atomic E-state index is 13.7. The van der Waals surface area contributed by atoms with Gasteiger partial charge in [0, 0.05) is 13.0 Å². The molecule has 1 aliphatic rings. The van der Waals surface area contributed by atoms with E-state index in [4.69, 9.17) is 10.5 Å². The number of benzene rings is 2. The van der Waals surface area contributed by atoms with Gasteiger partial charge in [-0.3, -0.25) is 14.5 Å². The number of nitrogens with zero attached hydrogens (tertiary/aromatic N) is 1. The number of fused-ring (bicyclic) bond motifs is 1. The Labute approximate surface area is 195 Å². The van der Waals surface area contributed by atoms with Gasteiger partial charge in [0.25, 0.3) is 5.91 Å². The zero-order valence-corrected chi connectivity index (χ0v) is 19.6. The van der Waals surface area contributed by atoms with Crippen molar-refractivity contribution in [3.05, 3.63) is 65.2 Å². The Morgan fingerprint density at radius 1 is 1.15 bits per heavy atom. The average molecular weight is 452 g/mol. The van der Waals surface area contributed by atoms with Crippen LogP contribution in [-0.4, -0.2) is 35.9 Å². The van der Waals surface area contributed by atoms with Crippen molar-refractivity contribution in [3.8, 4) is 0 Å². The van der Waals surface area contributed by atoms with E-state index in [1.165, 1.54) is 4.90 Å². The van der Waals surface area contributed by atoms with Crippen LogP contribution >= 0.6 is 0 Å². The van der Waals surface area contributed by atoms with Crippen molar-refractivity contribution >= 4 is 23.5 Å². The number of carbonyl (C=O) groups excluding carboxylic acids is 3. The quantitative estimate of drug-likeness (QED) is 0.448. The van der Waals surface area contributed by atoms with Crippen LogP contribution in [0.4, 0.5) is 10.5 Å². The molecule has 0 aromatic heterocycles. The lowest BCUT2D eigenvalue weighted by molar-refractivity contribution is -0.136. The molecule has 0 spiro atoms. The number of nitrogens with one attached hydrogen (secondary N) is 1. The predicted octanol–water partition coefficient (Wildman–Crippen LogP) is 3.66. The largest absolute Gasteiger partial charge is 0.444 e. The Morgan fingerprint density at radius 2 is 1.88 bits per heavy atom. The molecular formula is C26H33N3O4. The number of ether oxygens (including phenoxy) is 1. The topological polar surface area (TPSA) is 102 Å². The van der Waals surface area contributed by atoms with Gasteiger partial charge in [-0.05, 0) is 37.0 Å². The number of unbranched alkanes of at least 4 members (excludes halogenated alkanes) is 1. The molecule has 7 nitrogen and oxygen atoms in total. The summed E-state index contributed by atoms with van der Waals surface area (Å²) in [5, 5.41) is 2.87. The number of rotatable bonds is 9. The third-order valence-corrected chi connectivity index (χ3v) is 6.07. The number of ketones is 1. The monoisotopic (exact) mass is 451 g/mol. The third-order valence-electron chi connectivity index (χ3n) is 6.07. The molecule has 1 aliphatic heterocycles. The molecule has 2 amide bonds. The summed E-state index contributed by atoms with van der Waals surface area (Å²) in [6.45, 7) is 6.17. The first-order valence-electron chi connectivity index (χ1n) is 11.5. The summed E-state index contributed by atoms with van der Waals surface area (Å²) in [5.74, 6) is -1.00. The molecule has 1 heterocycles. The van der Waals surface area contributed by atoms with Crippen LogP contribution in [0, 0.1) is 6.92 Å². The van der Waals surface area contributed by atoms with Crippen LogP contribution < -0.4 is 16.0 Å². The Bertz CT molecular complexity index is 1010. The van der Waals surface area contributed by atoms with E-state index in [9.17, 15) is 14.4 Å². The van der Waals surface area contributed by atoms with Crippen molar-refractivity contribution < 1.29 is 19.1 Å². The molecule has 0 radical (unpaired) electrons. The fourth-order valence-corrected chi connectivity index (χ4v) is 4.18. The zero-order chi connectivity index (χ0) is 24.0. The minimum absolute atomic E-state index is 0.0267. The van der Waals surface area contributed by atoms with E-state index in [-0.39, 0.29) is 13.0 Å². The molecule has 2 aromatic rings. The summed E-state index contributed by atoms with van der Waals surface area (Å²) >= 11 is 0. The van der Waals surface area contributed by atoms with Gasteiger partial charge in [0.05, 0.1) is 11.7 Å². The molecular weight excluding hydrogens is 418 g/mol. The van der Waals surface area contributed by atoms with E-state index in [0.29, 0.717) is 18.7 Å². The van der Waals surface area contributed by atoms with Gasteiger partial charge in [-0.2, -0.15) is 0 Å². The summed E-state index contributed by atoms with van der Waals surface area (Å²) in [6.07, 6.45) is 1.32. The Kier molecular flexibility index (Phi) is 7.87. The lowest BCUT2D eigenvalue weighted by atomic mass is 9.83. The van der Waals surface area contributed by atoms with Gasteiger partial charge in [-0.15, -0.1) is 0 Å².